The summed E-state index contributed by atoms with van der Waals surface area (Å²) in [5.74, 6) is -1.66. The van der Waals surface area contributed by atoms with Crippen LogP contribution in [0.1, 0.15) is 5.56 Å². The fourth-order valence-electron chi connectivity index (χ4n) is 3.34. The number of benzene rings is 3. The van der Waals surface area contributed by atoms with E-state index >= 15 is 0 Å². The number of anilines is 2. The van der Waals surface area contributed by atoms with E-state index in [-0.39, 0.29) is 12.3 Å². The summed E-state index contributed by atoms with van der Waals surface area (Å²) < 4.78 is 37.6. The Morgan fingerprint density at radius 1 is 0.943 bits per heavy atom. The van der Waals surface area contributed by atoms with Crippen LogP contribution in [-0.4, -0.2) is 30.7 Å². The number of fused-ring (bicyclic) bond motifs is 1. The maximum Gasteiger partial charge on any atom is 0.343 e. The number of hydrogen-bond acceptors (Lipinski definition) is 5. The van der Waals surface area contributed by atoms with Crippen LogP contribution in [0, 0.1) is 18.6 Å². The molecule has 0 bridgehead atoms. The number of carbonyl (C=O) groups excluding carboxylic acids is 2. The molecule has 0 atom stereocenters. The first kappa shape index (κ1) is 23.6. The largest absolute Gasteiger partial charge is 0.481 e. The molecule has 1 heterocycles. The minimum Gasteiger partial charge on any atom is -0.481 e. The van der Waals surface area contributed by atoms with Crippen molar-refractivity contribution >= 4 is 34.3 Å². The number of nitrogens with zero attached hydrogens (tertiary/aromatic N) is 1. The lowest BCUT2D eigenvalue weighted by Gasteiger charge is -2.13. The molecule has 178 valence electrons. The van der Waals surface area contributed by atoms with Crippen LogP contribution in [0.25, 0.3) is 22.2 Å². The standard InChI is InChI=1S/C26H21F2N3O4/c1-15-3-5-16(6-4-15)22-13-24(35-14-25(32)34-2)19-12-18(8-10-21(19)30-22)29-26(33)31-23-11-17(27)7-9-20(23)28/h3-13H,14H2,1-2H3,(H2,29,31,33). The van der Waals surface area contributed by atoms with Crippen molar-refractivity contribution in [2.75, 3.05) is 24.4 Å². The van der Waals surface area contributed by atoms with E-state index in [2.05, 4.69) is 20.4 Å². The predicted octanol–water partition coefficient (Wildman–Crippen LogP) is 5.68. The molecule has 4 aromatic rings. The van der Waals surface area contributed by atoms with Crippen LogP contribution >= 0.6 is 0 Å². The quantitative estimate of drug-likeness (QED) is 0.349. The first-order valence-corrected chi connectivity index (χ1v) is 10.6. The number of amides is 2. The third-order valence-corrected chi connectivity index (χ3v) is 5.13. The van der Waals surface area contributed by atoms with E-state index < -0.39 is 23.6 Å². The van der Waals surface area contributed by atoms with Crippen LogP contribution in [0.4, 0.5) is 25.0 Å². The number of methoxy groups -OCH3 is 1. The molecule has 1 aromatic heterocycles. The van der Waals surface area contributed by atoms with E-state index in [1.165, 1.54) is 7.11 Å². The van der Waals surface area contributed by atoms with Gasteiger partial charge in [-0.15, -0.1) is 0 Å². The summed E-state index contributed by atoms with van der Waals surface area (Å²) in [6, 6.07) is 16.4. The second-order valence-electron chi connectivity index (χ2n) is 7.67. The molecule has 3 aromatic carbocycles. The van der Waals surface area contributed by atoms with Crippen molar-refractivity contribution in [2.24, 2.45) is 0 Å². The molecular formula is C26H21F2N3O4. The first-order valence-electron chi connectivity index (χ1n) is 10.6. The Balaban J connectivity index is 1.65. The number of hydrogen-bond donors (Lipinski definition) is 2. The average Bonchev–Trinajstić information content (AvgIpc) is 2.85. The summed E-state index contributed by atoms with van der Waals surface area (Å²) in [6.45, 7) is 1.66. The molecule has 4 rings (SSSR count). The SMILES string of the molecule is COC(=O)COc1cc(-c2ccc(C)cc2)nc2ccc(NC(=O)Nc3cc(F)ccc3F)cc12. The number of halogens is 2. The number of rotatable bonds is 6. The fourth-order valence-corrected chi connectivity index (χ4v) is 3.34. The highest BCUT2D eigenvalue weighted by Gasteiger charge is 2.14. The molecule has 9 heteroatoms. The lowest BCUT2D eigenvalue weighted by atomic mass is 10.1. The highest BCUT2D eigenvalue weighted by Crippen LogP contribution is 2.32. The van der Waals surface area contributed by atoms with Crippen molar-refractivity contribution in [1.82, 2.24) is 4.98 Å². The topological polar surface area (TPSA) is 89.6 Å². The molecule has 0 radical (unpaired) electrons. The van der Waals surface area contributed by atoms with Crippen molar-refractivity contribution in [1.29, 1.82) is 0 Å². The third kappa shape index (κ3) is 5.70. The Morgan fingerprint density at radius 2 is 1.71 bits per heavy atom. The van der Waals surface area contributed by atoms with Crippen molar-refractivity contribution in [3.05, 3.63) is 83.9 Å². The van der Waals surface area contributed by atoms with Gasteiger partial charge >= 0.3 is 12.0 Å². The van der Waals surface area contributed by atoms with Gasteiger partial charge in [0.25, 0.3) is 0 Å². The van der Waals surface area contributed by atoms with Gasteiger partial charge in [-0.25, -0.2) is 23.4 Å². The highest BCUT2D eigenvalue weighted by molar-refractivity contribution is 6.01. The van der Waals surface area contributed by atoms with Crippen LogP contribution in [0.3, 0.4) is 0 Å². The normalized spacial score (nSPS) is 10.6. The zero-order chi connectivity index (χ0) is 24.9. The van der Waals surface area contributed by atoms with Gasteiger partial charge in [0, 0.05) is 28.8 Å². The molecule has 0 unspecified atom stereocenters. The first-order chi connectivity index (χ1) is 16.8. The van der Waals surface area contributed by atoms with Crippen LogP contribution in [-0.2, 0) is 9.53 Å². The van der Waals surface area contributed by atoms with Gasteiger partial charge in [0.2, 0.25) is 0 Å². The molecule has 0 aliphatic rings. The Morgan fingerprint density at radius 3 is 2.46 bits per heavy atom. The molecule has 35 heavy (non-hydrogen) atoms. The zero-order valence-electron chi connectivity index (χ0n) is 18.9. The van der Waals surface area contributed by atoms with Gasteiger partial charge < -0.3 is 20.1 Å². The van der Waals surface area contributed by atoms with Gasteiger partial charge in [-0.2, -0.15) is 0 Å². The summed E-state index contributed by atoms with van der Waals surface area (Å²) in [7, 11) is 1.26. The third-order valence-electron chi connectivity index (χ3n) is 5.13. The number of nitrogens with one attached hydrogen (secondary N) is 2. The maximum atomic E-state index is 13.8. The van der Waals surface area contributed by atoms with Crippen molar-refractivity contribution in [2.45, 2.75) is 6.92 Å². The average molecular weight is 477 g/mol. The number of aromatic nitrogens is 1. The highest BCUT2D eigenvalue weighted by atomic mass is 19.1. The molecule has 0 aliphatic carbocycles. The molecule has 2 amide bonds. The molecule has 0 aliphatic heterocycles. The molecular weight excluding hydrogens is 456 g/mol. The van der Waals surface area contributed by atoms with E-state index in [1.807, 2.05) is 31.2 Å². The van der Waals surface area contributed by atoms with Gasteiger partial charge in [-0.3, -0.25) is 0 Å². The lowest BCUT2D eigenvalue weighted by molar-refractivity contribution is -0.142. The second-order valence-corrected chi connectivity index (χ2v) is 7.67. The summed E-state index contributed by atoms with van der Waals surface area (Å²) in [5.41, 5.74) is 3.21. The van der Waals surface area contributed by atoms with Gasteiger partial charge in [-0.05, 0) is 37.3 Å². The predicted molar refractivity (Wildman–Crippen MR) is 128 cm³/mol. The molecule has 0 saturated heterocycles. The van der Waals surface area contributed by atoms with E-state index in [4.69, 9.17) is 4.74 Å². The minimum atomic E-state index is -0.772. The number of aryl methyl sites for hydroxylation is 1. The number of ether oxygens (including phenoxy) is 2. The van der Waals surface area contributed by atoms with Crippen molar-refractivity contribution in [3.63, 3.8) is 0 Å². The number of esters is 1. The van der Waals surface area contributed by atoms with Gasteiger partial charge in [-0.1, -0.05) is 29.8 Å². The Kier molecular flexibility index (Phi) is 6.86. The number of pyridine rings is 1. The van der Waals surface area contributed by atoms with Crippen molar-refractivity contribution in [3.8, 4) is 17.0 Å². The van der Waals surface area contributed by atoms with Gasteiger partial charge in [0.1, 0.15) is 17.4 Å². The van der Waals surface area contributed by atoms with Gasteiger partial charge in [0.15, 0.2) is 6.61 Å². The monoisotopic (exact) mass is 477 g/mol. The zero-order valence-corrected chi connectivity index (χ0v) is 18.9. The summed E-state index contributed by atoms with van der Waals surface area (Å²) >= 11 is 0. The molecule has 2 N–H and O–H groups in total. The van der Waals surface area contributed by atoms with Crippen molar-refractivity contribution < 1.29 is 27.8 Å². The smallest absolute Gasteiger partial charge is 0.343 e. The molecule has 0 spiro atoms. The summed E-state index contributed by atoms with van der Waals surface area (Å²) in [4.78, 5) is 28.7. The van der Waals surface area contributed by atoms with E-state index in [9.17, 15) is 18.4 Å². The van der Waals surface area contributed by atoms with Gasteiger partial charge in [0.05, 0.1) is 24.0 Å². The van der Waals surface area contributed by atoms with E-state index in [0.717, 1.165) is 29.3 Å². The maximum absolute atomic E-state index is 13.8. The molecule has 0 saturated carbocycles. The summed E-state index contributed by atoms with van der Waals surface area (Å²) in [5, 5.41) is 5.37. The van der Waals surface area contributed by atoms with E-state index in [0.29, 0.717) is 28.0 Å². The van der Waals surface area contributed by atoms with Crippen LogP contribution in [0.15, 0.2) is 66.7 Å². The number of carbonyl (C=O) groups is 2. The van der Waals surface area contributed by atoms with Crippen LogP contribution in [0.5, 0.6) is 5.75 Å². The lowest BCUT2D eigenvalue weighted by Crippen LogP contribution is -2.20. The van der Waals surface area contributed by atoms with Crippen LogP contribution < -0.4 is 15.4 Å². The number of urea groups is 1. The van der Waals surface area contributed by atoms with E-state index in [1.54, 1.807) is 24.3 Å². The molecule has 0 fully saturated rings. The second kappa shape index (κ2) is 10.2. The Hall–Kier alpha value is -4.53. The fraction of sp³-hybridized carbons (Fsp3) is 0.115. The molecule has 7 nitrogen and oxygen atoms in total. The minimum absolute atomic E-state index is 0.296. The van der Waals surface area contributed by atoms with Crippen LogP contribution in [0.2, 0.25) is 0 Å². The summed E-state index contributed by atoms with van der Waals surface area (Å²) in [6.07, 6.45) is 0. The Labute approximate surface area is 199 Å². The Bertz CT molecular complexity index is 1410.